The monoisotopic (exact) mass is 145 g/mol. The first-order valence-corrected chi connectivity index (χ1v) is 4.05. The summed E-state index contributed by atoms with van der Waals surface area (Å²) in [6.07, 6.45) is 1.81. The van der Waals surface area contributed by atoms with Crippen molar-refractivity contribution in [2.24, 2.45) is 11.1 Å². The molecule has 0 amide bonds. The topological polar surface area (TPSA) is 21.6 Å². The van der Waals surface area contributed by atoms with Gasteiger partial charge in [-0.25, -0.2) is 0 Å². The summed E-state index contributed by atoms with van der Waals surface area (Å²) in [6, 6.07) is 0. The van der Waals surface area contributed by atoms with Gasteiger partial charge in [0.2, 0.25) is 0 Å². The summed E-state index contributed by atoms with van der Waals surface area (Å²) in [5, 5.41) is 3.54. The Kier molecular flexibility index (Phi) is 13.7. The maximum atomic E-state index is 4.63. The van der Waals surface area contributed by atoms with Crippen LogP contribution < -0.4 is 0 Å². The molecule has 2 nitrogen and oxygen atoms in total. The summed E-state index contributed by atoms with van der Waals surface area (Å²) in [5.74, 6) is 0.532. The molecule has 0 radical (unpaired) electrons. The molecule has 1 aliphatic heterocycles. The molecule has 0 N–H and O–H groups in total. The van der Waals surface area contributed by atoms with Gasteiger partial charge in [0.1, 0.15) is 6.61 Å². The zero-order valence-electron chi connectivity index (χ0n) is 7.72. The van der Waals surface area contributed by atoms with Crippen molar-refractivity contribution in [1.29, 1.82) is 0 Å². The van der Waals surface area contributed by atoms with Gasteiger partial charge in [-0.1, -0.05) is 39.8 Å². The standard InChI is InChI=1S/C4H7NO.2C2H6/c1-4-2-5-6-3-4;2*1-2/h2,4H,3H2,1H3;2*1-2H3. The zero-order chi connectivity index (χ0) is 8.41. The van der Waals surface area contributed by atoms with Gasteiger partial charge in [-0.2, -0.15) is 0 Å². The normalized spacial score (nSPS) is 19.5. The van der Waals surface area contributed by atoms with Crippen LogP contribution in [-0.2, 0) is 4.84 Å². The number of nitrogens with zero attached hydrogens (tertiary/aromatic N) is 1. The van der Waals surface area contributed by atoms with Crippen LogP contribution in [0.2, 0.25) is 0 Å². The minimum absolute atomic E-state index is 0.532. The summed E-state index contributed by atoms with van der Waals surface area (Å²) in [5.41, 5.74) is 0. The van der Waals surface area contributed by atoms with E-state index in [4.69, 9.17) is 0 Å². The molecule has 2 heteroatoms. The van der Waals surface area contributed by atoms with Crippen LogP contribution in [0.4, 0.5) is 0 Å². The highest BCUT2D eigenvalue weighted by Crippen LogP contribution is 1.98. The van der Waals surface area contributed by atoms with Crippen molar-refractivity contribution < 1.29 is 4.84 Å². The summed E-state index contributed by atoms with van der Waals surface area (Å²) >= 11 is 0. The molecule has 0 aromatic rings. The van der Waals surface area contributed by atoms with Crippen molar-refractivity contribution >= 4 is 6.21 Å². The van der Waals surface area contributed by atoms with Gasteiger partial charge >= 0.3 is 0 Å². The highest BCUT2D eigenvalue weighted by atomic mass is 16.6. The first kappa shape index (κ1) is 12.2. The van der Waals surface area contributed by atoms with Crippen molar-refractivity contribution in [3.05, 3.63) is 0 Å². The van der Waals surface area contributed by atoms with E-state index < -0.39 is 0 Å². The van der Waals surface area contributed by atoms with Crippen LogP contribution in [-0.4, -0.2) is 12.8 Å². The Bertz CT molecular complexity index is 71.7. The maximum absolute atomic E-state index is 4.63. The minimum atomic E-state index is 0.532. The molecule has 62 valence electrons. The van der Waals surface area contributed by atoms with E-state index in [1.165, 1.54) is 0 Å². The number of hydrogen-bond donors (Lipinski definition) is 0. The average Bonchev–Trinajstić information content (AvgIpc) is 2.48. The van der Waals surface area contributed by atoms with Gasteiger partial charge < -0.3 is 4.84 Å². The second kappa shape index (κ2) is 11.3. The molecule has 0 saturated heterocycles. The Morgan fingerprint density at radius 1 is 1.30 bits per heavy atom. The smallest absolute Gasteiger partial charge is 0.124 e. The zero-order valence-corrected chi connectivity index (χ0v) is 7.72. The van der Waals surface area contributed by atoms with Crippen molar-refractivity contribution in [3.63, 3.8) is 0 Å². The fourth-order valence-corrected chi connectivity index (χ4v) is 0.351. The van der Waals surface area contributed by atoms with Crippen molar-refractivity contribution in [2.45, 2.75) is 34.6 Å². The van der Waals surface area contributed by atoms with Crippen molar-refractivity contribution in [2.75, 3.05) is 6.61 Å². The lowest BCUT2D eigenvalue weighted by Gasteiger charge is -1.86. The van der Waals surface area contributed by atoms with Gasteiger partial charge in [0.05, 0.1) is 6.21 Å². The summed E-state index contributed by atoms with van der Waals surface area (Å²) in [6.45, 7) is 10.8. The van der Waals surface area contributed by atoms with Crippen LogP contribution in [0.15, 0.2) is 5.16 Å². The van der Waals surface area contributed by atoms with E-state index >= 15 is 0 Å². The molecule has 0 aromatic carbocycles. The number of oxime groups is 1. The predicted octanol–water partition coefficient (Wildman–Crippen LogP) is 2.69. The third kappa shape index (κ3) is 7.47. The Morgan fingerprint density at radius 2 is 1.80 bits per heavy atom. The summed E-state index contributed by atoms with van der Waals surface area (Å²) < 4.78 is 0. The number of hydrogen-bond acceptors (Lipinski definition) is 2. The summed E-state index contributed by atoms with van der Waals surface area (Å²) in [4.78, 5) is 4.63. The molecule has 1 atom stereocenters. The second-order valence-corrected chi connectivity index (χ2v) is 1.53. The van der Waals surface area contributed by atoms with E-state index in [0.29, 0.717) is 5.92 Å². The Labute approximate surface area is 64.3 Å². The van der Waals surface area contributed by atoms with Crippen LogP contribution >= 0.6 is 0 Å². The van der Waals surface area contributed by atoms with Gasteiger partial charge in [-0.15, -0.1) is 0 Å². The highest BCUT2D eigenvalue weighted by Gasteiger charge is 2.02. The van der Waals surface area contributed by atoms with Crippen LogP contribution in [0.5, 0.6) is 0 Å². The van der Waals surface area contributed by atoms with E-state index in [2.05, 4.69) is 16.9 Å². The third-order valence-electron chi connectivity index (χ3n) is 0.727. The van der Waals surface area contributed by atoms with Crippen molar-refractivity contribution in [1.82, 2.24) is 0 Å². The molecule has 10 heavy (non-hydrogen) atoms. The first-order chi connectivity index (χ1) is 4.89. The molecule has 0 spiro atoms. The van der Waals surface area contributed by atoms with Gasteiger partial charge in [-0.3, -0.25) is 0 Å². The minimum Gasteiger partial charge on any atom is -0.395 e. The van der Waals surface area contributed by atoms with Crippen LogP contribution in [0.25, 0.3) is 0 Å². The van der Waals surface area contributed by atoms with Crippen molar-refractivity contribution in [3.8, 4) is 0 Å². The van der Waals surface area contributed by atoms with Crippen LogP contribution in [0, 0.1) is 5.92 Å². The molecule has 1 aliphatic rings. The molecular formula is C8H19NO. The molecule has 1 unspecified atom stereocenters. The molecule has 1 rings (SSSR count). The lowest BCUT2D eigenvalue weighted by atomic mass is 10.2. The fraction of sp³-hybridized carbons (Fsp3) is 0.875. The first-order valence-electron chi connectivity index (χ1n) is 4.05. The van der Waals surface area contributed by atoms with E-state index in [1.807, 2.05) is 27.7 Å². The summed E-state index contributed by atoms with van der Waals surface area (Å²) in [7, 11) is 0. The molecular weight excluding hydrogens is 126 g/mol. The maximum Gasteiger partial charge on any atom is 0.124 e. The molecule has 0 aliphatic carbocycles. The van der Waals surface area contributed by atoms with Gasteiger partial charge in [0.15, 0.2) is 0 Å². The van der Waals surface area contributed by atoms with Gasteiger partial charge in [0, 0.05) is 5.92 Å². The third-order valence-corrected chi connectivity index (χ3v) is 0.727. The largest absolute Gasteiger partial charge is 0.395 e. The van der Waals surface area contributed by atoms with E-state index in [9.17, 15) is 0 Å². The number of rotatable bonds is 0. The quantitative estimate of drug-likeness (QED) is 0.513. The van der Waals surface area contributed by atoms with Crippen LogP contribution in [0.1, 0.15) is 34.6 Å². The molecule has 0 saturated carbocycles. The Balaban J connectivity index is 0. The van der Waals surface area contributed by atoms with E-state index in [0.717, 1.165) is 6.61 Å². The van der Waals surface area contributed by atoms with Gasteiger partial charge in [0.25, 0.3) is 0 Å². The van der Waals surface area contributed by atoms with E-state index in [1.54, 1.807) is 6.21 Å². The molecule has 0 bridgehead atoms. The molecule has 0 fully saturated rings. The lowest BCUT2D eigenvalue weighted by Crippen LogP contribution is -1.93. The SMILES string of the molecule is CC.CC.CC1C=NOC1. The Morgan fingerprint density at radius 3 is 1.90 bits per heavy atom. The van der Waals surface area contributed by atoms with Crippen LogP contribution in [0.3, 0.4) is 0 Å². The lowest BCUT2D eigenvalue weighted by molar-refractivity contribution is 0.158. The second-order valence-electron chi connectivity index (χ2n) is 1.53. The highest BCUT2D eigenvalue weighted by molar-refractivity contribution is 5.60. The predicted molar refractivity (Wildman–Crippen MR) is 46.3 cm³/mol. The average molecular weight is 145 g/mol. The van der Waals surface area contributed by atoms with E-state index in [-0.39, 0.29) is 0 Å². The van der Waals surface area contributed by atoms with Gasteiger partial charge in [-0.05, 0) is 0 Å². The molecule has 1 heterocycles. The Hall–Kier alpha value is -0.530. The fourth-order valence-electron chi connectivity index (χ4n) is 0.351. The molecule has 0 aromatic heterocycles.